The maximum absolute atomic E-state index is 12.2. The van der Waals surface area contributed by atoms with Crippen molar-refractivity contribution in [3.8, 4) is 28.6 Å². The van der Waals surface area contributed by atoms with Crippen LogP contribution in [0.3, 0.4) is 0 Å². The molecule has 4 rings (SSSR count). The molecular formula is C22H18ClN5O4. The summed E-state index contributed by atoms with van der Waals surface area (Å²) >= 11 is 5.90. The molecule has 3 heterocycles. The van der Waals surface area contributed by atoms with Gasteiger partial charge in [-0.3, -0.25) is 9.59 Å². The van der Waals surface area contributed by atoms with Crippen LogP contribution >= 0.6 is 11.6 Å². The van der Waals surface area contributed by atoms with Crippen molar-refractivity contribution in [3.05, 3.63) is 82.3 Å². The summed E-state index contributed by atoms with van der Waals surface area (Å²) in [5.41, 5.74) is 1.57. The molecule has 9 nitrogen and oxygen atoms in total. The van der Waals surface area contributed by atoms with Gasteiger partial charge in [-0.15, -0.1) is 10.2 Å². The number of amides is 1. The normalized spacial score (nSPS) is 10.7. The minimum atomic E-state index is -0.374. The Morgan fingerprint density at radius 1 is 1.03 bits per heavy atom. The van der Waals surface area contributed by atoms with Gasteiger partial charge in [-0.25, -0.2) is 4.68 Å². The van der Waals surface area contributed by atoms with Gasteiger partial charge < -0.3 is 14.5 Å². The molecule has 10 heteroatoms. The van der Waals surface area contributed by atoms with Crippen molar-refractivity contribution >= 4 is 17.5 Å². The van der Waals surface area contributed by atoms with Crippen LogP contribution in [0.4, 0.5) is 0 Å². The van der Waals surface area contributed by atoms with Crippen molar-refractivity contribution in [1.29, 1.82) is 0 Å². The van der Waals surface area contributed by atoms with Gasteiger partial charge in [0.2, 0.25) is 11.8 Å². The van der Waals surface area contributed by atoms with Crippen LogP contribution in [-0.2, 0) is 11.3 Å². The van der Waals surface area contributed by atoms with Crippen molar-refractivity contribution in [1.82, 2.24) is 25.3 Å². The molecule has 32 heavy (non-hydrogen) atoms. The van der Waals surface area contributed by atoms with Gasteiger partial charge in [-0.1, -0.05) is 23.7 Å². The average Bonchev–Trinajstić information content (AvgIpc) is 3.34. The van der Waals surface area contributed by atoms with Crippen LogP contribution in [-0.4, -0.2) is 39.0 Å². The molecule has 0 fully saturated rings. The molecule has 1 amide bonds. The number of furan rings is 1. The number of rotatable bonds is 8. The number of carbonyl (C=O) groups is 1. The lowest BCUT2D eigenvalue weighted by Crippen LogP contribution is -2.35. The van der Waals surface area contributed by atoms with Crippen LogP contribution in [0.25, 0.3) is 22.7 Å². The minimum absolute atomic E-state index is 0.188. The van der Waals surface area contributed by atoms with E-state index in [-0.39, 0.29) is 31.2 Å². The summed E-state index contributed by atoms with van der Waals surface area (Å²) in [6.45, 7) is 0.206. The smallest absolute Gasteiger partial charge is 0.267 e. The Balaban J connectivity index is 1.27. The molecule has 0 aliphatic rings. The van der Waals surface area contributed by atoms with E-state index in [1.807, 2.05) is 0 Å². The summed E-state index contributed by atoms with van der Waals surface area (Å²) in [6.07, 6.45) is 1.56. The van der Waals surface area contributed by atoms with E-state index in [0.717, 1.165) is 10.2 Å². The van der Waals surface area contributed by atoms with Gasteiger partial charge in [-0.05, 0) is 36.4 Å². The predicted octanol–water partition coefficient (Wildman–Crippen LogP) is 2.81. The molecule has 0 bridgehead atoms. The van der Waals surface area contributed by atoms with Gasteiger partial charge in [0.15, 0.2) is 5.76 Å². The first-order valence-corrected chi connectivity index (χ1v) is 10.1. The molecular weight excluding hydrogens is 434 g/mol. The third-order valence-electron chi connectivity index (χ3n) is 4.39. The number of carbonyl (C=O) groups excluding carboxylic acids is 1. The maximum Gasteiger partial charge on any atom is 0.267 e. The fraction of sp³-hybridized carbons (Fsp3) is 0.136. The van der Waals surface area contributed by atoms with E-state index in [1.54, 1.807) is 60.9 Å². The third-order valence-corrected chi connectivity index (χ3v) is 4.64. The van der Waals surface area contributed by atoms with E-state index in [4.69, 9.17) is 20.8 Å². The number of aromatic nitrogens is 4. The highest BCUT2D eigenvalue weighted by Gasteiger charge is 2.09. The van der Waals surface area contributed by atoms with E-state index in [1.165, 1.54) is 6.07 Å². The Hall–Kier alpha value is -3.98. The van der Waals surface area contributed by atoms with Gasteiger partial charge in [0.25, 0.3) is 5.56 Å². The maximum atomic E-state index is 12.2. The van der Waals surface area contributed by atoms with E-state index in [2.05, 4.69) is 20.6 Å². The quantitative estimate of drug-likeness (QED) is 0.410. The molecule has 0 atom stereocenters. The molecule has 0 saturated heterocycles. The highest BCUT2D eigenvalue weighted by atomic mass is 35.5. The first kappa shape index (κ1) is 21.3. The molecule has 0 aliphatic heterocycles. The van der Waals surface area contributed by atoms with Gasteiger partial charge >= 0.3 is 0 Å². The van der Waals surface area contributed by atoms with Gasteiger partial charge in [0.05, 0.1) is 18.5 Å². The van der Waals surface area contributed by atoms with E-state index >= 15 is 0 Å². The zero-order chi connectivity index (χ0) is 22.3. The summed E-state index contributed by atoms with van der Waals surface area (Å²) < 4.78 is 11.8. The predicted molar refractivity (Wildman–Crippen MR) is 117 cm³/mol. The number of halogens is 1. The van der Waals surface area contributed by atoms with E-state index in [0.29, 0.717) is 28.1 Å². The van der Waals surface area contributed by atoms with E-state index in [9.17, 15) is 9.59 Å². The average molecular weight is 452 g/mol. The fourth-order valence-electron chi connectivity index (χ4n) is 2.83. The minimum Gasteiger partial charge on any atom is -0.475 e. The SMILES string of the molecule is O=C(Cn1nc(-c2ccc(Cl)cc2)ccc1=O)NCCOc1ccc(-c2ccco2)nn1. The number of hydrogen-bond donors (Lipinski definition) is 1. The molecule has 0 saturated carbocycles. The number of benzene rings is 1. The second-order valence-electron chi connectivity index (χ2n) is 6.65. The lowest BCUT2D eigenvalue weighted by atomic mass is 10.1. The Labute approximate surface area is 187 Å². The third kappa shape index (κ3) is 5.38. The summed E-state index contributed by atoms with van der Waals surface area (Å²) in [6, 6.07) is 17.0. The summed E-state index contributed by atoms with van der Waals surface area (Å²) in [5, 5.41) is 15.5. The Kier molecular flexibility index (Phi) is 6.57. The molecule has 0 radical (unpaired) electrons. The van der Waals surface area contributed by atoms with Crippen LogP contribution in [0.2, 0.25) is 5.02 Å². The number of ether oxygens (including phenoxy) is 1. The van der Waals surface area contributed by atoms with Crippen molar-refractivity contribution in [3.63, 3.8) is 0 Å². The van der Waals surface area contributed by atoms with Crippen molar-refractivity contribution < 1.29 is 13.9 Å². The van der Waals surface area contributed by atoms with Gasteiger partial charge in [0, 0.05) is 22.7 Å². The molecule has 1 aromatic carbocycles. The lowest BCUT2D eigenvalue weighted by Gasteiger charge is -2.09. The van der Waals surface area contributed by atoms with E-state index < -0.39 is 0 Å². The van der Waals surface area contributed by atoms with Gasteiger partial charge in [0.1, 0.15) is 18.8 Å². The number of nitrogens with one attached hydrogen (secondary N) is 1. The van der Waals surface area contributed by atoms with Crippen LogP contribution in [0.15, 0.2) is 76.1 Å². The highest BCUT2D eigenvalue weighted by Crippen LogP contribution is 2.19. The van der Waals surface area contributed by atoms with Crippen molar-refractivity contribution in [2.45, 2.75) is 6.54 Å². The Morgan fingerprint density at radius 3 is 2.56 bits per heavy atom. The highest BCUT2D eigenvalue weighted by molar-refractivity contribution is 6.30. The second kappa shape index (κ2) is 9.88. The zero-order valence-corrected chi connectivity index (χ0v) is 17.5. The lowest BCUT2D eigenvalue weighted by molar-refractivity contribution is -0.122. The Bertz CT molecular complexity index is 1240. The van der Waals surface area contributed by atoms with Crippen molar-refractivity contribution in [2.24, 2.45) is 0 Å². The monoisotopic (exact) mass is 451 g/mol. The molecule has 0 aliphatic carbocycles. The van der Waals surface area contributed by atoms with Crippen LogP contribution in [0.5, 0.6) is 5.88 Å². The Morgan fingerprint density at radius 2 is 1.84 bits per heavy atom. The first-order chi connectivity index (χ1) is 15.6. The molecule has 0 spiro atoms. The number of nitrogens with zero attached hydrogens (tertiary/aromatic N) is 4. The standard InChI is InChI=1S/C22H18ClN5O4/c23-16-5-3-15(4-6-16)17-8-10-22(30)28(27-17)14-20(29)24-11-13-32-21-9-7-18(25-26-21)19-2-1-12-31-19/h1-10,12H,11,13-14H2,(H,24,29). The fourth-order valence-corrected chi connectivity index (χ4v) is 2.95. The first-order valence-electron chi connectivity index (χ1n) is 9.70. The summed E-state index contributed by atoms with van der Waals surface area (Å²) in [7, 11) is 0. The topological polar surface area (TPSA) is 112 Å². The molecule has 3 aromatic heterocycles. The van der Waals surface area contributed by atoms with Crippen LogP contribution in [0.1, 0.15) is 0 Å². The van der Waals surface area contributed by atoms with Gasteiger partial charge in [-0.2, -0.15) is 5.10 Å². The largest absolute Gasteiger partial charge is 0.475 e. The second-order valence-corrected chi connectivity index (χ2v) is 7.09. The van der Waals surface area contributed by atoms with Crippen LogP contribution < -0.4 is 15.6 Å². The molecule has 1 N–H and O–H groups in total. The molecule has 4 aromatic rings. The van der Waals surface area contributed by atoms with Crippen LogP contribution in [0, 0.1) is 0 Å². The molecule has 0 unspecified atom stereocenters. The number of hydrogen-bond acceptors (Lipinski definition) is 7. The van der Waals surface area contributed by atoms with Crippen molar-refractivity contribution in [2.75, 3.05) is 13.2 Å². The summed E-state index contributed by atoms with van der Waals surface area (Å²) in [5.74, 6) is 0.569. The summed E-state index contributed by atoms with van der Waals surface area (Å²) in [4.78, 5) is 24.3. The molecule has 162 valence electrons. The zero-order valence-electron chi connectivity index (χ0n) is 16.8.